The molecule has 0 saturated carbocycles. The Morgan fingerprint density at radius 1 is 1.03 bits per heavy atom. The monoisotopic (exact) mass is 474 g/mol. The number of thioether (sulfide) groups is 1. The minimum absolute atomic E-state index is 0.0714. The molecule has 0 radical (unpaired) electrons. The summed E-state index contributed by atoms with van der Waals surface area (Å²) in [4.78, 5) is 42.1. The lowest BCUT2D eigenvalue weighted by Crippen LogP contribution is -2.40. The molecule has 0 aromatic heterocycles. The Kier molecular flexibility index (Phi) is 6.03. The molecule has 8 heteroatoms. The van der Waals surface area contributed by atoms with Crippen molar-refractivity contribution in [2.75, 3.05) is 31.2 Å². The Balaban J connectivity index is 1.54. The fourth-order valence-corrected chi connectivity index (χ4v) is 4.84. The number of amides is 3. The Morgan fingerprint density at radius 3 is 2.45 bits per heavy atom. The van der Waals surface area contributed by atoms with E-state index in [4.69, 9.17) is 4.74 Å². The Hall–Kier alpha value is -2.16. The molecule has 2 aromatic rings. The van der Waals surface area contributed by atoms with Crippen LogP contribution in [0.2, 0.25) is 0 Å². The minimum atomic E-state index is -0.551. The molecule has 2 aromatic carbocycles. The molecule has 0 aliphatic carbocycles. The van der Waals surface area contributed by atoms with Gasteiger partial charge in [-0.15, -0.1) is 11.8 Å². The van der Waals surface area contributed by atoms with E-state index >= 15 is 0 Å². The number of nitrogens with zero attached hydrogens (tertiary/aromatic N) is 2. The fourth-order valence-electron chi connectivity index (χ4n) is 3.39. The van der Waals surface area contributed by atoms with Gasteiger partial charge in [-0.3, -0.25) is 14.4 Å². The van der Waals surface area contributed by atoms with Gasteiger partial charge < -0.3 is 9.64 Å². The molecule has 0 bridgehead atoms. The molecule has 0 unspecified atom stereocenters. The van der Waals surface area contributed by atoms with Crippen LogP contribution in [0.5, 0.6) is 0 Å². The molecule has 0 N–H and O–H groups in total. The molecular weight excluding hydrogens is 456 g/mol. The third-order valence-electron chi connectivity index (χ3n) is 4.88. The first-order chi connectivity index (χ1) is 14.0. The van der Waals surface area contributed by atoms with Gasteiger partial charge in [-0.1, -0.05) is 28.1 Å². The number of anilines is 1. The first kappa shape index (κ1) is 20.1. The highest BCUT2D eigenvalue weighted by Gasteiger charge is 2.40. The molecule has 4 rings (SSSR count). The zero-order valence-corrected chi connectivity index (χ0v) is 17.9. The largest absolute Gasteiger partial charge is 0.378 e. The zero-order valence-electron chi connectivity index (χ0n) is 15.5. The van der Waals surface area contributed by atoms with Gasteiger partial charge in [0, 0.05) is 28.9 Å². The summed E-state index contributed by atoms with van der Waals surface area (Å²) >= 11 is 4.64. The number of benzene rings is 2. The lowest BCUT2D eigenvalue weighted by molar-refractivity contribution is -0.121. The Bertz CT molecular complexity index is 944. The number of imide groups is 1. The van der Waals surface area contributed by atoms with Gasteiger partial charge in [-0.05, 0) is 36.4 Å². The molecule has 29 heavy (non-hydrogen) atoms. The second-order valence-corrected chi connectivity index (χ2v) is 8.92. The Morgan fingerprint density at radius 2 is 1.72 bits per heavy atom. The third kappa shape index (κ3) is 4.24. The van der Waals surface area contributed by atoms with Crippen LogP contribution in [0.4, 0.5) is 5.69 Å². The van der Waals surface area contributed by atoms with Crippen LogP contribution in [0.1, 0.15) is 16.8 Å². The summed E-state index contributed by atoms with van der Waals surface area (Å²) in [6.07, 6.45) is 0.111. The van der Waals surface area contributed by atoms with Crippen LogP contribution in [0.15, 0.2) is 57.9 Å². The molecule has 2 aliphatic heterocycles. The lowest BCUT2D eigenvalue weighted by atomic mass is 10.2. The molecule has 2 heterocycles. The van der Waals surface area contributed by atoms with E-state index in [-0.39, 0.29) is 24.1 Å². The highest BCUT2D eigenvalue weighted by atomic mass is 79.9. The van der Waals surface area contributed by atoms with Crippen LogP contribution in [0.3, 0.4) is 0 Å². The van der Waals surface area contributed by atoms with E-state index in [2.05, 4.69) is 15.9 Å². The van der Waals surface area contributed by atoms with Crippen molar-refractivity contribution in [3.63, 3.8) is 0 Å². The number of ether oxygens (including phenoxy) is 1. The van der Waals surface area contributed by atoms with Gasteiger partial charge in [-0.25, -0.2) is 4.90 Å². The van der Waals surface area contributed by atoms with Gasteiger partial charge in [0.1, 0.15) is 0 Å². The maximum atomic E-state index is 12.9. The summed E-state index contributed by atoms with van der Waals surface area (Å²) in [5, 5.41) is -0.551. The zero-order chi connectivity index (χ0) is 20.4. The van der Waals surface area contributed by atoms with Crippen molar-refractivity contribution in [3.05, 3.63) is 58.6 Å². The van der Waals surface area contributed by atoms with E-state index in [1.165, 1.54) is 16.7 Å². The SMILES string of the molecule is O=C(c1ccccc1S[C@H]1CC(=O)N(c2ccc(Br)cc2)C1=O)N1CCOCC1. The van der Waals surface area contributed by atoms with Crippen molar-refractivity contribution < 1.29 is 19.1 Å². The summed E-state index contributed by atoms with van der Waals surface area (Å²) in [6.45, 7) is 2.16. The van der Waals surface area contributed by atoms with Crippen molar-refractivity contribution in [1.82, 2.24) is 4.90 Å². The molecular formula is C21H19BrN2O4S. The van der Waals surface area contributed by atoms with Gasteiger partial charge in [0.05, 0.1) is 29.7 Å². The normalized spacial score (nSPS) is 19.7. The van der Waals surface area contributed by atoms with E-state index in [1.54, 1.807) is 35.2 Å². The van der Waals surface area contributed by atoms with Crippen LogP contribution in [-0.4, -0.2) is 54.2 Å². The summed E-state index contributed by atoms with van der Waals surface area (Å²) < 4.78 is 6.20. The number of halogens is 1. The van der Waals surface area contributed by atoms with Gasteiger partial charge >= 0.3 is 0 Å². The van der Waals surface area contributed by atoms with E-state index in [0.717, 1.165) is 4.47 Å². The predicted molar refractivity (Wildman–Crippen MR) is 114 cm³/mol. The standard InChI is InChI=1S/C21H19BrN2O4S/c22-14-5-7-15(8-6-14)24-19(25)13-18(21(24)27)29-17-4-2-1-3-16(17)20(26)23-9-11-28-12-10-23/h1-8,18H,9-13H2/t18-/m0/s1. The molecule has 1 atom stereocenters. The molecule has 2 aliphatic rings. The van der Waals surface area contributed by atoms with Crippen molar-refractivity contribution in [1.29, 1.82) is 0 Å². The molecule has 3 amide bonds. The van der Waals surface area contributed by atoms with Gasteiger partial charge in [0.15, 0.2) is 0 Å². The molecule has 150 valence electrons. The quantitative estimate of drug-likeness (QED) is 0.635. The summed E-state index contributed by atoms with van der Waals surface area (Å²) in [5.41, 5.74) is 1.12. The number of hydrogen-bond donors (Lipinski definition) is 0. The highest BCUT2D eigenvalue weighted by Crippen LogP contribution is 2.36. The average molecular weight is 475 g/mol. The Labute approximate surface area is 181 Å². The molecule has 2 saturated heterocycles. The molecule has 6 nitrogen and oxygen atoms in total. The third-order valence-corrected chi connectivity index (χ3v) is 6.67. The number of hydrogen-bond acceptors (Lipinski definition) is 5. The summed E-state index contributed by atoms with van der Waals surface area (Å²) in [5.74, 6) is -0.555. The van der Waals surface area contributed by atoms with E-state index in [1.807, 2.05) is 18.2 Å². The predicted octanol–water partition coefficient (Wildman–Crippen LogP) is 3.35. The van der Waals surface area contributed by atoms with Gasteiger partial charge in [-0.2, -0.15) is 0 Å². The first-order valence-electron chi connectivity index (χ1n) is 9.29. The van der Waals surface area contributed by atoms with Crippen molar-refractivity contribution in [2.45, 2.75) is 16.6 Å². The van der Waals surface area contributed by atoms with Crippen LogP contribution in [0.25, 0.3) is 0 Å². The topological polar surface area (TPSA) is 66.9 Å². The highest BCUT2D eigenvalue weighted by molar-refractivity contribution is 9.10. The number of rotatable bonds is 4. The maximum absolute atomic E-state index is 12.9. The number of carbonyl (C=O) groups excluding carboxylic acids is 3. The maximum Gasteiger partial charge on any atom is 0.255 e. The smallest absolute Gasteiger partial charge is 0.255 e. The second-order valence-electron chi connectivity index (χ2n) is 6.76. The number of carbonyl (C=O) groups is 3. The average Bonchev–Trinajstić information content (AvgIpc) is 3.02. The molecule has 2 fully saturated rings. The van der Waals surface area contributed by atoms with Crippen LogP contribution in [-0.2, 0) is 14.3 Å². The van der Waals surface area contributed by atoms with Crippen molar-refractivity contribution in [2.24, 2.45) is 0 Å². The van der Waals surface area contributed by atoms with Crippen LogP contribution >= 0.6 is 27.7 Å². The van der Waals surface area contributed by atoms with E-state index < -0.39 is 5.25 Å². The van der Waals surface area contributed by atoms with Crippen molar-refractivity contribution in [3.8, 4) is 0 Å². The second kappa shape index (κ2) is 8.69. The number of morpholine rings is 1. The van der Waals surface area contributed by atoms with E-state index in [0.29, 0.717) is 42.4 Å². The molecule has 0 spiro atoms. The van der Waals surface area contributed by atoms with Crippen LogP contribution in [0, 0.1) is 0 Å². The summed E-state index contributed by atoms with van der Waals surface area (Å²) in [6, 6.07) is 14.3. The van der Waals surface area contributed by atoms with Gasteiger partial charge in [0.25, 0.3) is 5.91 Å². The van der Waals surface area contributed by atoms with Crippen molar-refractivity contribution >= 4 is 51.1 Å². The van der Waals surface area contributed by atoms with Crippen LogP contribution < -0.4 is 4.90 Å². The first-order valence-corrected chi connectivity index (χ1v) is 11.0. The minimum Gasteiger partial charge on any atom is -0.378 e. The van der Waals surface area contributed by atoms with Gasteiger partial charge in [0.2, 0.25) is 11.8 Å². The fraction of sp³-hybridized carbons (Fsp3) is 0.286. The van der Waals surface area contributed by atoms with E-state index in [9.17, 15) is 14.4 Å². The lowest BCUT2D eigenvalue weighted by Gasteiger charge is -2.27. The summed E-state index contributed by atoms with van der Waals surface area (Å²) in [7, 11) is 0.